The summed E-state index contributed by atoms with van der Waals surface area (Å²) in [6.07, 6.45) is -0.956. The number of anilines is 1. The molecule has 1 atom stereocenters. The fourth-order valence-corrected chi connectivity index (χ4v) is 1.30. The Labute approximate surface area is 104 Å². The average molecular weight is 259 g/mol. The van der Waals surface area contributed by atoms with Gasteiger partial charge in [0.05, 0.1) is 12.7 Å². The average Bonchev–Trinajstić information content (AvgIpc) is 2.31. The first-order valence-electron chi connectivity index (χ1n) is 5.13. The van der Waals surface area contributed by atoms with Crippen molar-refractivity contribution in [1.82, 2.24) is 5.32 Å². The van der Waals surface area contributed by atoms with E-state index in [9.17, 15) is 4.79 Å². The van der Waals surface area contributed by atoms with Crippen molar-refractivity contribution in [2.45, 2.75) is 13.0 Å². The fraction of sp³-hybridized carbons (Fsp3) is 0.364. The lowest BCUT2D eigenvalue weighted by Gasteiger charge is -2.10. The second-order valence-electron chi connectivity index (χ2n) is 3.64. The summed E-state index contributed by atoms with van der Waals surface area (Å²) in [6.45, 7) is 1.46. The van der Waals surface area contributed by atoms with Crippen molar-refractivity contribution < 1.29 is 15.0 Å². The molecule has 0 aliphatic heterocycles. The summed E-state index contributed by atoms with van der Waals surface area (Å²) < 4.78 is 0. The molecule has 2 amide bonds. The van der Waals surface area contributed by atoms with Crippen molar-refractivity contribution in [3.05, 3.63) is 28.8 Å². The Balaban J connectivity index is 2.48. The monoisotopic (exact) mass is 258 g/mol. The number of hydrogen-bond acceptors (Lipinski definition) is 3. The van der Waals surface area contributed by atoms with Gasteiger partial charge in [-0.1, -0.05) is 17.7 Å². The number of aliphatic hydroxyl groups is 2. The van der Waals surface area contributed by atoms with Gasteiger partial charge in [-0.25, -0.2) is 4.79 Å². The Kier molecular flexibility index (Phi) is 5.21. The van der Waals surface area contributed by atoms with Gasteiger partial charge < -0.3 is 20.8 Å². The van der Waals surface area contributed by atoms with Gasteiger partial charge in [-0.3, -0.25) is 0 Å². The van der Waals surface area contributed by atoms with Crippen LogP contribution in [-0.4, -0.2) is 35.5 Å². The van der Waals surface area contributed by atoms with Crippen molar-refractivity contribution >= 4 is 23.3 Å². The van der Waals surface area contributed by atoms with Gasteiger partial charge in [0, 0.05) is 17.3 Å². The maximum atomic E-state index is 11.4. The molecule has 0 saturated carbocycles. The second-order valence-corrected chi connectivity index (χ2v) is 4.04. The van der Waals surface area contributed by atoms with Crippen LogP contribution in [0, 0.1) is 6.92 Å². The van der Waals surface area contributed by atoms with Crippen LogP contribution in [0.3, 0.4) is 0 Å². The summed E-state index contributed by atoms with van der Waals surface area (Å²) in [5.74, 6) is 0. The summed E-state index contributed by atoms with van der Waals surface area (Å²) >= 11 is 5.90. The minimum absolute atomic E-state index is 0.0120. The van der Waals surface area contributed by atoms with E-state index in [-0.39, 0.29) is 6.54 Å². The lowest BCUT2D eigenvalue weighted by atomic mass is 10.2. The quantitative estimate of drug-likeness (QED) is 0.653. The maximum absolute atomic E-state index is 11.4. The van der Waals surface area contributed by atoms with Crippen LogP contribution in [0.15, 0.2) is 18.2 Å². The molecule has 0 fully saturated rings. The predicted molar refractivity (Wildman–Crippen MR) is 66.3 cm³/mol. The molecule has 6 heteroatoms. The summed E-state index contributed by atoms with van der Waals surface area (Å²) in [4.78, 5) is 11.4. The highest BCUT2D eigenvalue weighted by Gasteiger charge is 2.06. The molecule has 1 aromatic rings. The number of benzene rings is 1. The van der Waals surface area contributed by atoms with Crippen LogP contribution in [-0.2, 0) is 0 Å². The lowest BCUT2D eigenvalue weighted by molar-refractivity contribution is 0.0965. The van der Waals surface area contributed by atoms with Crippen LogP contribution in [0.4, 0.5) is 10.5 Å². The number of hydrogen-bond donors (Lipinski definition) is 4. The zero-order chi connectivity index (χ0) is 12.8. The van der Waals surface area contributed by atoms with Gasteiger partial charge in [0.25, 0.3) is 0 Å². The summed E-state index contributed by atoms with van der Waals surface area (Å²) in [5, 5.41) is 23.1. The highest BCUT2D eigenvalue weighted by molar-refractivity contribution is 6.31. The highest BCUT2D eigenvalue weighted by Crippen LogP contribution is 2.19. The Morgan fingerprint density at radius 2 is 2.24 bits per heavy atom. The van der Waals surface area contributed by atoms with Gasteiger partial charge in [-0.2, -0.15) is 0 Å². The highest BCUT2D eigenvalue weighted by atomic mass is 35.5. The summed E-state index contributed by atoms with van der Waals surface area (Å²) in [7, 11) is 0. The van der Waals surface area contributed by atoms with Gasteiger partial charge in [-0.15, -0.1) is 0 Å². The first-order chi connectivity index (χ1) is 8.02. The largest absolute Gasteiger partial charge is 0.394 e. The van der Waals surface area contributed by atoms with Crippen molar-refractivity contribution in [3.63, 3.8) is 0 Å². The molecular formula is C11H15ClN2O3. The number of rotatable bonds is 4. The standard InChI is InChI=1S/C11H15ClN2O3/c1-7-2-3-8(4-10(7)12)14-11(17)13-5-9(16)6-15/h2-4,9,15-16H,5-6H2,1H3,(H2,13,14,17)/t9-/m0/s1. The van der Waals surface area contributed by atoms with Gasteiger partial charge >= 0.3 is 6.03 Å². The molecule has 0 bridgehead atoms. The molecular weight excluding hydrogens is 244 g/mol. The Morgan fingerprint density at radius 1 is 1.53 bits per heavy atom. The van der Waals surface area contributed by atoms with E-state index in [2.05, 4.69) is 10.6 Å². The van der Waals surface area contributed by atoms with Crippen LogP contribution >= 0.6 is 11.6 Å². The van der Waals surface area contributed by atoms with Crippen LogP contribution in [0.25, 0.3) is 0 Å². The molecule has 0 aliphatic carbocycles. The number of carbonyl (C=O) groups excluding carboxylic acids is 1. The number of aliphatic hydroxyl groups excluding tert-OH is 2. The van der Waals surface area contributed by atoms with E-state index >= 15 is 0 Å². The molecule has 4 N–H and O–H groups in total. The fourth-order valence-electron chi connectivity index (χ4n) is 1.12. The third kappa shape index (κ3) is 4.60. The van der Waals surface area contributed by atoms with Crippen LogP contribution < -0.4 is 10.6 Å². The number of halogens is 1. The van der Waals surface area contributed by atoms with Gasteiger partial charge in [0.2, 0.25) is 0 Å². The van der Waals surface area contributed by atoms with Gasteiger partial charge in [0.1, 0.15) is 0 Å². The van der Waals surface area contributed by atoms with E-state index < -0.39 is 18.7 Å². The van der Waals surface area contributed by atoms with Crippen LogP contribution in [0.1, 0.15) is 5.56 Å². The summed E-state index contributed by atoms with van der Waals surface area (Å²) in [5.41, 5.74) is 1.49. The molecule has 17 heavy (non-hydrogen) atoms. The minimum Gasteiger partial charge on any atom is -0.394 e. The number of amides is 2. The molecule has 94 valence electrons. The molecule has 0 aromatic heterocycles. The first kappa shape index (κ1) is 13.8. The van der Waals surface area contributed by atoms with Crippen molar-refractivity contribution in [1.29, 1.82) is 0 Å². The number of carbonyl (C=O) groups is 1. The lowest BCUT2D eigenvalue weighted by Crippen LogP contribution is -2.36. The SMILES string of the molecule is Cc1ccc(NC(=O)NC[C@H](O)CO)cc1Cl. The normalized spacial score (nSPS) is 12.0. The van der Waals surface area contributed by atoms with E-state index in [4.69, 9.17) is 21.8 Å². The number of aryl methyl sites for hydroxylation is 1. The molecule has 0 spiro atoms. The van der Waals surface area contributed by atoms with E-state index in [1.807, 2.05) is 6.92 Å². The van der Waals surface area contributed by atoms with Gasteiger partial charge in [0.15, 0.2) is 0 Å². The maximum Gasteiger partial charge on any atom is 0.319 e. The van der Waals surface area contributed by atoms with E-state index in [1.165, 1.54) is 0 Å². The summed E-state index contributed by atoms with van der Waals surface area (Å²) in [6, 6.07) is 4.69. The Hall–Kier alpha value is -1.30. The third-order valence-electron chi connectivity index (χ3n) is 2.14. The Bertz CT molecular complexity index is 398. The predicted octanol–water partition coefficient (Wildman–Crippen LogP) is 1.12. The zero-order valence-corrected chi connectivity index (χ0v) is 10.2. The van der Waals surface area contributed by atoms with Crippen LogP contribution in [0.2, 0.25) is 5.02 Å². The van der Waals surface area contributed by atoms with Crippen molar-refractivity contribution in [2.24, 2.45) is 0 Å². The second kappa shape index (κ2) is 6.44. The third-order valence-corrected chi connectivity index (χ3v) is 2.55. The topological polar surface area (TPSA) is 81.6 Å². The molecule has 1 aromatic carbocycles. The molecule has 0 aliphatic rings. The Morgan fingerprint density at radius 3 is 2.82 bits per heavy atom. The molecule has 1 rings (SSSR count). The molecule has 0 unspecified atom stereocenters. The molecule has 0 heterocycles. The molecule has 0 saturated heterocycles. The van der Waals surface area contributed by atoms with E-state index in [1.54, 1.807) is 18.2 Å². The van der Waals surface area contributed by atoms with Crippen LogP contribution in [0.5, 0.6) is 0 Å². The molecule has 5 nitrogen and oxygen atoms in total. The first-order valence-corrected chi connectivity index (χ1v) is 5.50. The van der Waals surface area contributed by atoms with Gasteiger partial charge in [-0.05, 0) is 24.6 Å². The van der Waals surface area contributed by atoms with Crippen molar-refractivity contribution in [3.8, 4) is 0 Å². The minimum atomic E-state index is -0.956. The zero-order valence-electron chi connectivity index (χ0n) is 9.40. The number of nitrogens with one attached hydrogen (secondary N) is 2. The molecule has 0 radical (unpaired) electrons. The number of urea groups is 1. The van der Waals surface area contributed by atoms with E-state index in [0.29, 0.717) is 10.7 Å². The van der Waals surface area contributed by atoms with Crippen molar-refractivity contribution in [2.75, 3.05) is 18.5 Å². The smallest absolute Gasteiger partial charge is 0.319 e. The van der Waals surface area contributed by atoms with E-state index in [0.717, 1.165) is 5.56 Å².